The zero-order chi connectivity index (χ0) is 19.2. The van der Waals surface area contributed by atoms with Crippen molar-refractivity contribution in [2.75, 3.05) is 13.7 Å². The summed E-state index contributed by atoms with van der Waals surface area (Å²) in [5.41, 5.74) is 3.33. The molecule has 0 aliphatic rings. The number of nitrogens with zero attached hydrogens (tertiary/aromatic N) is 1. The molecule has 1 heterocycles. The molecule has 0 radical (unpaired) electrons. The van der Waals surface area contributed by atoms with Crippen LogP contribution in [0.2, 0.25) is 0 Å². The lowest BCUT2D eigenvalue weighted by Gasteiger charge is -2.17. The van der Waals surface area contributed by atoms with Crippen molar-refractivity contribution in [1.29, 1.82) is 0 Å². The van der Waals surface area contributed by atoms with Gasteiger partial charge in [-0.3, -0.25) is 4.79 Å². The SMILES string of the molecule is CCOC(=O)C(Cc1cn(C)c2ccc(OC)cc12)NCc1ccccc1. The molecule has 0 saturated carbocycles. The maximum absolute atomic E-state index is 12.5. The Morgan fingerprint density at radius 1 is 1.19 bits per heavy atom. The molecule has 1 atom stereocenters. The van der Waals surface area contributed by atoms with Gasteiger partial charge < -0.3 is 19.4 Å². The maximum atomic E-state index is 12.5. The van der Waals surface area contributed by atoms with E-state index in [1.165, 1.54) is 0 Å². The lowest BCUT2D eigenvalue weighted by molar-refractivity contribution is -0.145. The molecule has 0 aliphatic heterocycles. The zero-order valence-corrected chi connectivity index (χ0v) is 16.1. The van der Waals surface area contributed by atoms with Crippen LogP contribution in [0.15, 0.2) is 54.7 Å². The summed E-state index contributed by atoms with van der Waals surface area (Å²) < 4.78 is 12.7. The predicted octanol–water partition coefficient (Wildman–Crippen LogP) is 3.45. The summed E-state index contributed by atoms with van der Waals surface area (Å²) >= 11 is 0. The number of esters is 1. The average Bonchev–Trinajstić information content (AvgIpc) is 3.00. The van der Waals surface area contributed by atoms with Crippen molar-refractivity contribution in [2.24, 2.45) is 7.05 Å². The van der Waals surface area contributed by atoms with Gasteiger partial charge in [0.25, 0.3) is 0 Å². The summed E-state index contributed by atoms with van der Waals surface area (Å²) in [7, 11) is 3.67. The lowest BCUT2D eigenvalue weighted by Crippen LogP contribution is -2.39. The number of ether oxygens (including phenoxy) is 2. The van der Waals surface area contributed by atoms with Crippen LogP contribution < -0.4 is 10.1 Å². The summed E-state index contributed by atoms with van der Waals surface area (Å²) in [5.74, 6) is 0.577. The van der Waals surface area contributed by atoms with Gasteiger partial charge in [-0.15, -0.1) is 0 Å². The van der Waals surface area contributed by atoms with Gasteiger partial charge in [0.05, 0.1) is 13.7 Å². The highest BCUT2D eigenvalue weighted by atomic mass is 16.5. The van der Waals surface area contributed by atoms with Crippen molar-refractivity contribution >= 4 is 16.9 Å². The van der Waals surface area contributed by atoms with Crippen molar-refractivity contribution in [3.05, 3.63) is 65.9 Å². The molecule has 0 fully saturated rings. The van der Waals surface area contributed by atoms with Crippen molar-refractivity contribution in [3.63, 3.8) is 0 Å². The number of aromatic nitrogens is 1. The van der Waals surface area contributed by atoms with Gasteiger partial charge in [0, 0.05) is 37.1 Å². The molecule has 0 bridgehead atoms. The minimum Gasteiger partial charge on any atom is -0.497 e. The van der Waals surface area contributed by atoms with Gasteiger partial charge in [-0.25, -0.2) is 0 Å². The van der Waals surface area contributed by atoms with Gasteiger partial charge in [0.2, 0.25) is 0 Å². The first-order chi connectivity index (χ1) is 13.1. The monoisotopic (exact) mass is 366 g/mol. The molecule has 5 nitrogen and oxygen atoms in total. The number of benzene rings is 2. The van der Waals surface area contributed by atoms with Crippen molar-refractivity contribution in [2.45, 2.75) is 25.9 Å². The fourth-order valence-electron chi connectivity index (χ4n) is 3.28. The van der Waals surface area contributed by atoms with E-state index in [9.17, 15) is 4.79 Å². The third-order valence-corrected chi connectivity index (χ3v) is 4.67. The minimum absolute atomic E-state index is 0.228. The van der Waals surface area contributed by atoms with Crippen LogP contribution >= 0.6 is 0 Å². The number of methoxy groups -OCH3 is 1. The quantitative estimate of drug-likeness (QED) is 0.621. The number of carbonyl (C=O) groups excluding carboxylic acids is 1. The van der Waals surface area contributed by atoms with Crippen LogP contribution in [0.5, 0.6) is 5.75 Å². The Morgan fingerprint density at radius 2 is 1.96 bits per heavy atom. The van der Waals surface area contributed by atoms with Crippen LogP contribution in [0.4, 0.5) is 0 Å². The van der Waals surface area contributed by atoms with E-state index >= 15 is 0 Å². The Balaban J connectivity index is 1.84. The Labute approximate surface area is 159 Å². The molecule has 0 spiro atoms. The van der Waals surface area contributed by atoms with E-state index in [0.29, 0.717) is 19.6 Å². The molecule has 5 heteroatoms. The lowest BCUT2D eigenvalue weighted by atomic mass is 10.0. The summed E-state index contributed by atoms with van der Waals surface area (Å²) in [4.78, 5) is 12.5. The van der Waals surface area contributed by atoms with E-state index in [1.54, 1.807) is 7.11 Å². The molecule has 1 aromatic heterocycles. The Bertz CT molecular complexity index is 903. The van der Waals surface area contributed by atoms with Crippen molar-refractivity contribution in [3.8, 4) is 5.75 Å². The molecule has 3 rings (SSSR count). The van der Waals surface area contributed by atoms with E-state index in [-0.39, 0.29) is 5.97 Å². The van der Waals surface area contributed by atoms with Gasteiger partial charge in [-0.05, 0) is 36.2 Å². The second-order valence-corrected chi connectivity index (χ2v) is 6.52. The standard InChI is InChI=1S/C22H26N2O3/c1-4-27-22(25)20(23-14-16-8-6-5-7-9-16)12-17-15-24(2)21-11-10-18(26-3)13-19(17)21/h5-11,13,15,20,23H,4,12,14H2,1-3H3. The largest absolute Gasteiger partial charge is 0.497 e. The first-order valence-electron chi connectivity index (χ1n) is 9.18. The summed E-state index contributed by atoms with van der Waals surface area (Å²) in [6, 6.07) is 15.6. The van der Waals surface area contributed by atoms with Crippen LogP contribution in [0, 0.1) is 0 Å². The number of fused-ring (bicyclic) bond motifs is 1. The number of carbonyl (C=O) groups is 1. The summed E-state index contributed by atoms with van der Waals surface area (Å²) in [5, 5.41) is 4.45. The second-order valence-electron chi connectivity index (χ2n) is 6.52. The Kier molecular flexibility index (Phi) is 6.14. The molecular weight excluding hydrogens is 340 g/mol. The van der Waals surface area contributed by atoms with Crippen LogP contribution in [0.1, 0.15) is 18.1 Å². The van der Waals surface area contributed by atoms with Crippen molar-refractivity contribution < 1.29 is 14.3 Å². The summed E-state index contributed by atoms with van der Waals surface area (Å²) in [6.45, 7) is 2.80. The molecule has 27 heavy (non-hydrogen) atoms. The third-order valence-electron chi connectivity index (χ3n) is 4.67. The third kappa shape index (κ3) is 4.49. The van der Waals surface area contributed by atoms with Crippen LogP contribution in [-0.2, 0) is 29.5 Å². The topological polar surface area (TPSA) is 52.5 Å². The highest BCUT2D eigenvalue weighted by Crippen LogP contribution is 2.26. The Hall–Kier alpha value is -2.79. The molecular formula is C22H26N2O3. The van der Waals surface area contributed by atoms with Gasteiger partial charge in [0.1, 0.15) is 11.8 Å². The average molecular weight is 366 g/mol. The van der Waals surface area contributed by atoms with E-state index < -0.39 is 6.04 Å². The van der Waals surface area contributed by atoms with E-state index in [4.69, 9.17) is 9.47 Å². The van der Waals surface area contributed by atoms with E-state index in [0.717, 1.165) is 27.8 Å². The molecule has 1 unspecified atom stereocenters. The van der Waals surface area contributed by atoms with Gasteiger partial charge in [0.15, 0.2) is 0 Å². The normalized spacial score (nSPS) is 12.1. The van der Waals surface area contributed by atoms with Crippen LogP contribution in [0.25, 0.3) is 10.9 Å². The highest BCUT2D eigenvalue weighted by molar-refractivity contribution is 5.86. The number of aryl methyl sites for hydroxylation is 1. The number of hydrogen-bond acceptors (Lipinski definition) is 4. The first kappa shape index (κ1) is 19.0. The second kappa shape index (κ2) is 8.73. The van der Waals surface area contributed by atoms with Crippen molar-refractivity contribution in [1.82, 2.24) is 9.88 Å². The molecule has 1 N–H and O–H groups in total. The molecule has 0 amide bonds. The predicted molar refractivity (Wildman–Crippen MR) is 107 cm³/mol. The zero-order valence-electron chi connectivity index (χ0n) is 16.1. The molecule has 3 aromatic rings. The minimum atomic E-state index is -0.415. The highest BCUT2D eigenvalue weighted by Gasteiger charge is 2.22. The maximum Gasteiger partial charge on any atom is 0.323 e. The fraction of sp³-hybridized carbons (Fsp3) is 0.318. The van der Waals surface area contributed by atoms with E-state index in [1.807, 2.05) is 62.5 Å². The first-order valence-corrected chi connectivity index (χ1v) is 9.18. The molecule has 2 aromatic carbocycles. The van der Waals surface area contributed by atoms with Crippen LogP contribution in [-0.4, -0.2) is 30.3 Å². The molecule has 0 saturated heterocycles. The smallest absolute Gasteiger partial charge is 0.323 e. The summed E-state index contributed by atoms with van der Waals surface area (Å²) in [6.07, 6.45) is 2.62. The fourth-order valence-corrected chi connectivity index (χ4v) is 3.28. The number of nitrogens with one attached hydrogen (secondary N) is 1. The van der Waals surface area contributed by atoms with Gasteiger partial charge >= 0.3 is 5.97 Å². The van der Waals surface area contributed by atoms with Gasteiger partial charge in [-0.1, -0.05) is 30.3 Å². The Morgan fingerprint density at radius 3 is 2.67 bits per heavy atom. The molecule has 0 aliphatic carbocycles. The molecule has 142 valence electrons. The van der Waals surface area contributed by atoms with Gasteiger partial charge in [-0.2, -0.15) is 0 Å². The van der Waals surface area contributed by atoms with Crippen LogP contribution in [0.3, 0.4) is 0 Å². The number of hydrogen-bond donors (Lipinski definition) is 1. The number of rotatable bonds is 8. The van der Waals surface area contributed by atoms with E-state index in [2.05, 4.69) is 16.1 Å².